The van der Waals surface area contributed by atoms with Gasteiger partial charge in [0, 0.05) is 18.4 Å². The third-order valence-electron chi connectivity index (χ3n) is 2.47. The fraction of sp³-hybridized carbons (Fsp3) is 0.545. The molecule has 3 N–H and O–H groups in total. The molecule has 0 spiro atoms. The fourth-order valence-corrected chi connectivity index (χ4v) is 2.81. The molecule has 0 fully saturated rings. The second kappa shape index (κ2) is 6.12. The number of rotatable bonds is 6. The van der Waals surface area contributed by atoms with E-state index < -0.39 is 10.0 Å². The van der Waals surface area contributed by atoms with Gasteiger partial charge in [0.05, 0.1) is 5.69 Å². The summed E-state index contributed by atoms with van der Waals surface area (Å²) >= 11 is 0. The predicted molar refractivity (Wildman–Crippen MR) is 71.6 cm³/mol. The number of nitrogen functional groups attached to an aromatic ring is 1. The van der Waals surface area contributed by atoms with Crippen LogP contribution in [0.4, 0.5) is 5.69 Å². The molecule has 1 aromatic rings. The molecular weight excluding hydrogens is 252 g/mol. The molecule has 1 unspecified atom stereocenters. The molecule has 0 saturated heterocycles. The lowest BCUT2D eigenvalue weighted by Gasteiger charge is -2.17. The minimum Gasteiger partial charge on any atom is -0.398 e. The smallest absolute Gasteiger partial charge is 0.244 e. The van der Waals surface area contributed by atoms with Crippen LogP contribution in [0.1, 0.15) is 13.3 Å². The molecule has 0 bridgehead atoms. The Hall–Kier alpha value is -1.18. The third kappa shape index (κ3) is 4.25. The maximum Gasteiger partial charge on any atom is 0.244 e. The zero-order chi connectivity index (χ0) is 13.8. The number of hydrogen-bond donors (Lipinski definition) is 2. The molecule has 0 aliphatic rings. The van der Waals surface area contributed by atoms with Crippen molar-refractivity contribution in [3.05, 3.63) is 18.5 Å². The van der Waals surface area contributed by atoms with E-state index in [1.54, 1.807) is 0 Å². The first-order chi connectivity index (χ1) is 8.33. The number of hydrogen-bond acceptors (Lipinski definition) is 5. The molecule has 1 atom stereocenters. The van der Waals surface area contributed by atoms with Gasteiger partial charge in [-0.05, 0) is 40.1 Å². The minimum absolute atomic E-state index is 0.0294. The highest BCUT2D eigenvalue weighted by Gasteiger charge is 2.19. The molecule has 0 aromatic carbocycles. The van der Waals surface area contributed by atoms with Crippen molar-refractivity contribution in [3.63, 3.8) is 0 Å². The molecule has 1 heterocycles. The lowest BCUT2D eigenvalue weighted by atomic mass is 10.2. The Morgan fingerprint density at radius 2 is 2.17 bits per heavy atom. The first-order valence-corrected chi connectivity index (χ1v) is 7.18. The van der Waals surface area contributed by atoms with Crippen LogP contribution in [-0.2, 0) is 10.0 Å². The van der Waals surface area contributed by atoms with Crippen LogP contribution in [0.15, 0.2) is 23.4 Å². The zero-order valence-electron chi connectivity index (χ0n) is 10.9. The number of nitrogens with two attached hydrogens (primary N) is 1. The van der Waals surface area contributed by atoms with E-state index in [4.69, 9.17) is 5.73 Å². The summed E-state index contributed by atoms with van der Waals surface area (Å²) in [4.78, 5) is 5.82. The highest BCUT2D eigenvalue weighted by atomic mass is 32.2. The summed E-state index contributed by atoms with van der Waals surface area (Å²) in [6.45, 7) is 2.64. The lowest BCUT2D eigenvalue weighted by Crippen LogP contribution is -2.35. The van der Waals surface area contributed by atoms with Gasteiger partial charge >= 0.3 is 0 Å². The average molecular weight is 272 g/mol. The van der Waals surface area contributed by atoms with Gasteiger partial charge in [-0.1, -0.05) is 0 Å². The monoisotopic (exact) mass is 272 g/mol. The first kappa shape index (κ1) is 14.9. The number of nitrogens with one attached hydrogen (secondary N) is 1. The molecule has 0 aliphatic heterocycles. The Morgan fingerprint density at radius 3 is 2.72 bits per heavy atom. The van der Waals surface area contributed by atoms with Crippen molar-refractivity contribution < 1.29 is 8.42 Å². The molecule has 18 heavy (non-hydrogen) atoms. The van der Waals surface area contributed by atoms with E-state index in [0.29, 0.717) is 0 Å². The molecule has 102 valence electrons. The van der Waals surface area contributed by atoms with E-state index in [1.165, 1.54) is 18.5 Å². The third-order valence-corrected chi connectivity index (χ3v) is 4.10. The van der Waals surface area contributed by atoms with Crippen molar-refractivity contribution >= 4 is 15.7 Å². The van der Waals surface area contributed by atoms with Crippen LogP contribution in [0.3, 0.4) is 0 Å². The van der Waals surface area contributed by atoms with Crippen molar-refractivity contribution in [1.82, 2.24) is 14.6 Å². The van der Waals surface area contributed by atoms with Crippen LogP contribution in [-0.4, -0.2) is 45.0 Å². The first-order valence-electron chi connectivity index (χ1n) is 5.69. The summed E-state index contributed by atoms with van der Waals surface area (Å²) in [6.07, 6.45) is 3.45. The highest BCUT2D eigenvalue weighted by molar-refractivity contribution is 7.89. The van der Waals surface area contributed by atoms with Gasteiger partial charge in [-0.3, -0.25) is 4.98 Å². The van der Waals surface area contributed by atoms with Crippen LogP contribution in [0.5, 0.6) is 0 Å². The highest BCUT2D eigenvalue weighted by Crippen LogP contribution is 2.16. The molecule has 0 radical (unpaired) electrons. The lowest BCUT2D eigenvalue weighted by molar-refractivity contribution is 0.379. The Labute approximate surface area is 108 Å². The second-order valence-corrected chi connectivity index (χ2v) is 6.21. The van der Waals surface area contributed by atoms with Crippen molar-refractivity contribution in [2.75, 3.05) is 26.4 Å². The van der Waals surface area contributed by atoms with Crippen LogP contribution in [0.25, 0.3) is 0 Å². The SMILES string of the molecule is CC(CCN(C)C)NS(=O)(=O)c1cnccc1N. The van der Waals surface area contributed by atoms with Gasteiger partial charge in [0.1, 0.15) is 4.90 Å². The van der Waals surface area contributed by atoms with E-state index >= 15 is 0 Å². The Bertz CT molecular complexity index is 488. The van der Waals surface area contributed by atoms with E-state index in [1.807, 2.05) is 25.9 Å². The van der Waals surface area contributed by atoms with Crippen LogP contribution >= 0.6 is 0 Å². The summed E-state index contributed by atoms with van der Waals surface area (Å²) in [5, 5.41) is 0. The molecule has 0 aliphatic carbocycles. The van der Waals surface area contributed by atoms with Gasteiger partial charge in [-0.15, -0.1) is 0 Å². The molecule has 6 nitrogen and oxygen atoms in total. The largest absolute Gasteiger partial charge is 0.398 e. The summed E-state index contributed by atoms with van der Waals surface area (Å²) in [5.41, 5.74) is 5.84. The summed E-state index contributed by atoms with van der Waals surface area (Å²) in [6, 6.07) is 1.32. The van der Waals surface area contributed by atoms with Gasteiger partial charge in [0.25, 0.3) is 0 Å². The van der Waals surface area contributed by atoms with Crippen LogP contribution < -0.4 is 10.5 Å². The van der Waals surface area contributed by atoms with E-state index in [9.17, 15) is 8.42 Å². The molecule has 1 aromatic heterocycles. The molecular formula is C11H20N4O2S. The summed E-state index contributed by atoms with van der Waals surface area (Å²) in [5.74, 6) is 0. The summed E-state index contributed by atoms with van der Waals surface area (Å²) < 4.78 is 26.7. The van der Waals surface area contributed by atoms with Crippen molar-refractivity contribution in [3.8, 4) is 0 Å². The Kier molecular flexibility index (Phi) is 5.06. The Morgan fingerprint density at radius 1 is 1.50 bits per heavy atom. The number of pyridine rings is 1. The molecule has 0 saturated carbocycles. The maximum absolute atomic E-state index is 12.1. The van der Waals surface area contributed by atoms with Gasteiger partial charge < -0.3 is 10.6 Å². The standard InChI is InChI=1S/C11H20N4O2S/c1-9(5-7-15(2)3)14-18(16,17)11-8-13-6-4-10(11)12/h4,6,8-9,14H,5,7H2,1-3H3,(H2,12,13). The normalized spacial score (nSPS) is 13.8. The molecule has 7 heteroatoms. The zero-order valence-corrected chi connectivity index (χ0v) is 11.7. The molecule has 0 amide bonds. The van der Waals surface area contributed by atoms with E-state index in [-0.39, 0.29) is 16.6 Å². The van der Waals surface area contributed by atoms with Gasteiger partial charge in [0.2, 0.25) is 10.0 Å². The van der Waals surface area contributed by atoms with Gasteiger partial charge in [0.15, 0.2) is 0 Å². The number of sulfonamides is 1. The van der Waals surface area contributed by atoms with Crippen molar-refractivity contribution in [1.29, 1.82) is 0 Å². The van der Waals surface area contributed by atoms with Crippen LogP contribution in [0.2, 0.25) is 0 Å². The van der Waals surface area contributed by atoms with Crippen molar-refractivity contribution in [2.24, 2.45) is 0 Å². The Balaban J connectivity index is 2.74. The van der Waals surface area contributed by atoms with E-state index in [2.05, 4.69) is 9.71 Å². The second-order valence-electron chi connectivity index (χ2n) is 4.53. The number of anilines is 1. The fourth-order valence-electron chi connectivity index (χ4n) is 1.45. The van der Waals surface area contributed by atoms with Gasteiger partial charge in [-0.25, -0.2) is 13.1 Å². The number of aromatic nitrogens is 1. The summed E-state index contributed by atoms with van der Waals surface area (Å²) in [7, 11) is 0.295. The minimum atomic E-state index is -3.59. The van der Waals surface area contributed by atoms with Crippen LogP contribution in [0, 0.1) is 0 Å². The van der Waals surface area contributed by atoms with Crippen molar-refractivity contribution in [2.45, 2.75) is 24.3 Å². The maximum atomic E-state index is 12.1. The molecule has 1 rings (SSSR count). The predicted octanol–water partition coefficient (Wildman–Crippen LogP) is 0.282. The average Bonchev–Trinajstić information content (AvgIpc) is 2.26. The topological polar surface area (TPSA) is 88.3 Å². The number of nitrogens with zero attached hydrogens (tertiary/aromatic N) is 2. The van der Waals surface area contributed by atoms with Gasteiger partial charge in [-0.2, -0.15) is 0 Å². The quantitative estimate of drug-likeness (QED) is 0.776. The van der Waals surface area contributed by atoms with E-state index in [0.717, 1.165) is 13.0 Å².